The van der Waals surface area contributed by atoms with Crippen molar-refractivity contribution >= 4 is 17.4 Å². The maximum atomic E-state index is 12.1. The van der Waals surface area contributed by atoms with Gasteiger partial charge >= 0.3 is 0 Å². The molecule has 1 aromatic heterocycles. The van der Waals surface area contributed by atoms with Crippen LogP contribution in [0, 0.1) is 0 Å². The van der Waals surface area contributed by atoms with Crippen LogP contribution in [0.4, 0.5) is 0 Å². The summed E-state index contributed by atoms with van der Waals surface area (Å²) in [6.07, 6.45) is 0. The van der Waals surface area contributed by atoms with Crippen molar-refractivity contribution in [3.63, 3.8) is 0 Å². The van der Waals surface area contributed by atoms with E-state index in [1.807, 2.05) is 18.7 Å². The smallest absolute Gasteiger partial charge is 0.275 e. The summed E-state index contributed by atoms with van der Waals surface area (Å²) in [6, 6.07) is 0.422. The van der Waals surface area contributed by atoms with Crippen molar-refractivity contribution in [2.45, 2.75) is 25.9 Å². The minimum atomic E-state index is -0.00903. The van der Waals surface area contributed by atoms with Crippen molar-refractivity contribution in [2.75, 3.05) is 13.1 Å². The van der Waals surface area contributed by atoms with Crippen molar-refractivity contribution in [2.24, 2.45) is 0 Å². The molecule has 15 heavy (non-hydrogen) atoms. The number of amides is 1. The lowest BCUT2D eigenvalue weighted by Crippen LogP contribution is -2.57. The number of nitrogens with one attached hydrogen (secondary N) is 1. The topological polar surface area (TPSA) is 58.1 Å². The van der Waals surface area contributed by atoms with E-state index in [1.165, 1.54) is 11.5 Å². The highest BCUT2D eigenvalue weighted by atomic mass is 32.1. The monoisotopic (exact) mass is 226 g/mol. The molecule has 2 heterocycles. The van der Waals surface area contributed by atoms with E-state index in [1.54, 1.807) is 5.38 Å². The van der Waals surface area contributed by atoms with Crippen LogP contribution in [0.1, 0.15) is 24.3 Å². The van der Waals surface area contributed by atoms with Crippen LogP contribution in [0.3, 0.4) is 0 Å². The number of carbonyl (C=O) groups is 1. The summed E-state index contributed by atoms with van der Waals surface area (Å²) < 4.78 is 3.72. The SMILES string of the molecule is CC1CNCC(C)N1C(=O)c1csnn1. The van der Waals surface area contributed by atoms with Gasteiger partial charge in [0.05, 0.1) is 0 Å². The van der Waals surface area contributed by atoms with E-state index in [0.29, 0.717) is 5.69 Å². The zero-order valence-electron chi connectivity index (χ0n) is 8.80. The predicted molar refractivity (Wildman–Crippen MR) is 57.9 cm³/mol. The Kier molecular flexibility index (Phi) is 2.97. The Morgan fingerprint density at radius 3 is 2.73 bits per heavy atom. The highest BCUT2D eigenvalue weighted by molar-refractivity contribution is 7.03. The molecule has 1 fully saturated rings. The standard InChI is InChI=1S/C9H14N4OS/c1-6-3-10-4-7(2)13(6)9(14)8-5-15-12-11-8/h5-7,10H,3-4H2,1-2H3. The van der Waals surface area contributed by atoms with E-state index in [9.17, 15) is 4.79 Å². The Bertz CT molecular complexity index is 330. The minimum Gasteiger partial charge on any atom is -0.329 e. The third-order valence-electron chi connectivity index (χ3n) is 2.64. The maximum absolute atomic E-state index is 12.1. The van der Waals surface area contributed by atoms with E-state index in [-0.39, 0.29) is 18.0 Å². The van der Waals surface area contributed by atoms with Crippen LogP contribution in [-0.2, 0) is 0 Å². The molecule has 1 aromatic rings. The number of hydrogen-bond donors (Lipinski definition) is 1. The zero-order valence-corrected chi connectivity index (χ0v) is 9.62. The average Bonchev–Trinajstić information content (AvgIpc) is 2.69. The van der Waals surface area contributed by atoms with E-state index in [0.717, 1.165) is 13.1 Å². The van der Waals surface area contributed by atoms with Crippen LogP contribution in [-0.4, -0.2) is 45.6 Å². The number of hydrogen-bond acceptors (Lipinski definition) is 5. The molecule has 0 bridgehead atoms. The Hall–Kier alpha value is -1.01. The molecule has 0 saturated carbocycles. The second kappa shape index (κ2) is 4.24. The van der Waals surface area contributed by atoms with Crippen molar-refractivity contribution in [1.82, 2.24) is 19.8 Å². The van der Waals surface area contributed by atoms with Gasteiger partial charge in [0, 0.05) is 30.6 Å². The molecule has 0 aliphatic carbocycles. The molecule has 2 atom stereocenters. The fourth-order valence-corrected chi connectivity index (χ4v) is 2.35. The third-order valence-corrected chi connectivity index (χ3v) is 3.15. The first kappa shape index (κ1) is 10.5. The van der Waals surface area contributed by atoms with Gasteiger partial charge in [-0.2, -0.15) is 0 Å². The fraction of sp³-hybridized carbons (Fsp3) is 0.667. The van der Waals surface area contributed by atoms with Gasteiger partial charge in [0.1, 0.15) is 0 Å². The molecule has 1 saturated heterocycles. The summed E-state index contributed by atoms with van der Waals surface area (Å²) in [6.45, 7) is 5.77. The minimum absolute atomic E-state index is 0.00903. The second-order valence-electron chi connectivity index (χ2n) is 3.86. The summed E-state index contributed by atoms with van der Waals surface area (Å²) in [5.74, 6) is -0.00903. The van der Waals surface area contributed by atoms with Crippen LogP contribution < -0.4 is 5.32 Å². The van der Waals surface area contributed by atoms with Crippen molar-refractivity contribution in [3.8, 4) is 0 Å². The van der Waals surface area contributed by atoms with Crippen LogP contribution in [0.15, 0.2) is 5.38 Å². The van der Waals surface area contributed by atoms with Gasteiger partial charge in [-0.25, -0.2) is 0 Å². The first-order valence-electron chi connectivity index (χ1n) is 5.00. The molecule has 6 heteroatoms. The van der Waals surface area contributed by atoms with E-state index >= 15 is 0 Å². The summed E-state index contributed by atoms with van der Waals surface area (Å²) in [5, 5.41) is 8.80. The highest BCUT2D eigenvalue weighted by Crippen LogP contribution is 2.14. The molecule has 5 nitrogen and oxygen atoms in total. The van der Waals surface area contributed by atoms with Crippen LogP contribution >= 0.6 is 11.5 Å². The van der Waals surface area contributed by atoms with Crippen LogP contribution in [0.2, 0.25) is 0 Å². The average molecular weight is 226 g/mol. The molecular weight excluding hydrogens is 212 g/mol. The normalized spacial score (nSPS) is 26.7. The fourth-order valence-electron chi connectivity index (χ4n) is 1.92. The Labute approximate surface area is 92.6 Å². The van der Waals surface area contributed by atoms with Gasteiger partial charge in [-0.05, 0) is 25.4 Å². The Morgan fingerprint density at radius 2 is 2.20 bits per heavy atom. The van der Waals surface area contributed by atoms with Gasteiger partial charge in [-0.1, -0.05) is 4.49 Å². The van der Waals surface area contributed by atoms with E-state index < -0.39 is 0 Å². The molecule has 0 aromatic carbocycles. The molecule has 0 radical (unpaired) electrons. The molecule has 1 N–H and O–H groups in total. The molecule has 82 valence electrons. The third kappa shape index (κ3) is 2.00. The molecule has 0 spiro atoms. The summed E-state index contributed by atoms with van der Waals surface area (Å²) >= 11 is 1.21. The molecular formula is C9H14N4OS. The highest BCUT2D eigenvalue weighted by Gasteiger charge is 2.30. The van der Waals surface area contributed by atoms with Gasteiger partial charge in [0.2, 0.25) is 0 Å². The van der Waals surface area contributed by atoms with Gasteiger partial charge in [0.25, 0.3) is 5.91 Å². The van der Waals surface area contributed by atoms with Gasteiger partial charge in [-0.15, -0.1) is 5.10 Å². The quantitative estimate of drug-likeness (QED) is 0.751. The lowest BCUT2D eigenvalue weighted by Gasteiger charge is -2.38. The predicted octanol–water partition coefficient (Wildman–Crippen LogP) is 0.360. The number of rotatable bonds is 1. The lowest BCUT2D eigenvalue weighted by molar-refractivity contribution is 0.0538. The number of aromatic nitrogens is 2. The van der Waals surface area contributed by atoms with Gasteiger partial charge in [-0.3, -0.25) is 4.79 Å². The van der Waals surface area contributed by atoms with Crippen molar-refractivity contribution in [1.29, 1.82) is 0 Å². The van der Waals surface area contributed by atoms with Crippen LogP contribution in [0.5, 0.6) is 0 Å². The van der Waals surface area contributed by atoms with Crippen LogP contribution in [0.25, 0.3) is 0 Å². The Balaban J connectivity index is 2.17. The molecule has 1 aliphatic heterocycles. The second-order valence-corrected chi connectivity index (χ2v) is 4.47. The lowest BCUT2D eigenvalue weighted by atomic mass is 10.1. The number of piperazine rings is 1. The summed E-state index contributed by atoms with van der Waals surface area (Å²) in [5.41, 5.74) is 0.459. The molecule has 2 unspecified atom stereocenters. The van der Waals surface area contributed by atoms with E-state index in [2.05, 4.69) is 14.9 Å². The van der Waals surface area contributed by atoms with Crippen molar-refractivity contribution in [3.05, 3.63) is 11.1 Å². The largest absolute Gasteiger partial charge is 0.329 e. The van der Waals surface area contributed by atoms with E-state index in [4.69, 9.17) is 0 Å². The molecule has 1 amide bonds. The first-order chi connectivity index (χ1) is 7.20. The Morgan fingerprint density at radius 1 is 1.53 bits per heavy atom. The summed E-state index contributed by atoms with van der Waals surface area (Å²) in [4.78, 5) is 14.0. The molecule has 2 rings (SSSR count). The van der Waals surface area contributed by atoms with Crippen molar-refractivity contribution < 1.29 is 4.79 Å². The first-order valence-corrected chi connectivity index (χ1v) is 5.84. The molecule has 1 aliphatic rings. The summed E-state index contributed by atoms with van der Waals surface area (Å²) in [7, 11) is 0. The van der Waals surface area contributed by atoms with Gasteiger partial charge in [0.15, 0.2) is 5.69 Å². The maximum Gasteiger partial charge on any atom is 0.275 e. The zero-order chi connectivity index (χ0) is 10.8. The van der Waals surface area contributed by atoms with Gasteiger partial charge < -0.3 is 10.2 Å². The number of nitrogens with zero attached hydrogens (tertiary/aromatic N) is 3. The number of carbonyl (C=O) groups excluding carboxylic acids is 1.